The summed E-state index contributed by atoms with van der Waals surface area (Å²) in [6.45, 7) is 3.64. The van der Waals surface area contributed by atoms with E-state index in [-0.39, 0.29) is 10.5 Å². The Morgan fingerprint density at radius 2 is 1.95 bits per heavy atom. The van der Waals surface area contributed by atoms with Gasteiger partial charge in [-0.2, -0.15) is 5.26 Å². The largest absolute Gasteiger partial charge is 0.334 e. The third-order valence-electron chi connectivity index (χ3n) is 3.30. The standard InChI is InChI=1S/C14H18N2O3S/c1-4-14(5-2,10-15)16-13(17)11-7-6-8-12(9-11)20(3,18)19/h6-9H,4-5H2,1-3H3,(H,16,17). The van der Waals surface area contributed by atoms with E-state index in [4.69, 9.17) is 0 Å². The molecule has 1 aromatic carbocycles. The van der Waals surface area contributed by atoms with Crippen LogP contribution in [0.2, 0.25) is 0 Å². The first-order valence-corrected chi connectivity index (χ1v) is 8.21. The van der Waals surface area contributed by atoms with Gasteiger partial charge in [0.25, 0.3) is 5.91 Å². The molecule has 0 fully saturated rings. The Hall–Kier alpha value is -1.87. The molecule has 0 bridgehead atoms. The summed E-state index contributed by atoms with van der Waals surface area (Å²) in [5.41, 5.74) is -0.688. The van der Waals surface area contributed by atoms with Gasteiger partial charge < -0.3 is 5.32 Å². The van der Waals surface area contributed by atoms with Crippen LogP contribution in [0.3, 0.4) is 0 Å². The van der Waals surface area contributed by atoms with E-state index in [2.05, 4.69) is 11.4 Å². The highest BCUT2D eigenvalue weighted by Gasteiger charge is 2.28. The van der Waals surface area contributed by atoms with Gasteiger partial charge in [-0.1, -0.05) is 19.9 Å². The average Bonchev–Trinajstić information content (AvgIpc) is 2.44. The van der Waals surface area contributed by atoms with Crippen molar-refractivity contribution in [2.45, 2.75) is 37.1 Å². The lowest BCUT2D eigenvalue weighted by Crippen LogP contribution is -2.46. The van der Waals surface area contributed by atoms with E-state index in [0.29, 0.717) is 12.8 Å². The summed E-state index contributed by atoms with van der Waals surface area (Å²) in [7, 11) is -3.36. The van der Waals surface area contributed by atoms with Gasteiger partial charge in [0, 0.05) is 11.8 Å². The SMILES string of the molecule is CCC(C#N)(CC)NC(=O)c1cccc(S(C)(=O)=O)c1. The summed E-state index contributed by atoms with van der Waals surface area (Å²) in [4.78, 5) is 12.2. The first kappa shape index (κ1) is 16.2. The molecule has 1 N–H and O–H groups in total. The Morgan fingerprint density at radius 1 is 1.35 bits per heavy atom. The highest BCUT2D eigenvalue weighted by atomic mass is 32.2. The molecule has 0 aliphatic heterocycles. The molecule has 0 aliphatic rings. The van der Waals surface area contributed by atoms with Gasteiger partial charge >= 0.3 is 0 Å². The highest BCUT2D eigenvalue weighted by molar-refractivity contribution is 7.90. The minimum absolute atomic E-state index is 0.0840. The number of nitrogens with zero attached hydrogens (tertiary/aromatic N) is 1. The van der Waals surface area contributed by atoms with E-state index in [9.17, 15) is 18.5 Å². The molecule has 1 amide bonds. The van der Waals surface area contributed by atoms with Crippen LogP contribution in [0, 0.1) is 11.3 Å². The maximum Gasteiger partial charge on any atom is 0.252 e. The summed E-state index contributed by atoms with van der Waals surface area (Å²) in [5.74, 6) is -0.444. The molecule has 1 rings (SSSR count). The van der Waals surface area contributed by atoms with Gasteiger partial charge in [-0.05, 0) is 31.0 Å². The zero-order valence-corrected chi connectivity index (χ0v) is 12.6. The van der Waals surface area contributed by atoms with Crippen LogP contribution >= 0.6 is 0 Å². The fourth-order valence-electron chi connectivity index (χ4n) is 1.77. The number of carbonyl (C=O) groups excluding carboxylic acids is 1. The number of sulfone groups is 1. The Labute approximate surface area is 119 Å². The van der Waals surface area contributed by atoms with Crippen LogP contribution in [-0.2, 0) is 9.84 Å². The average molecular weight is 294 g/mol. The lowest BCUT2D eigenvalue weighted by atomic mass is 9.94. The highest BCUT2D eigenvalue weighted by Crippen LogP contribution is 2.16. The Bertz CT molecular complexity index is 641. The lowest BCUT2D eigenvalue weighted by Gasteiger charge is -2.24. The molecule has 20 heavy (non-hydrogen) atoms. The molecule has 0 atom stereocenters. The molecule has 1 aromatic rings. The summed E-state index contributed by atoms with van der Waals surface area (Å²) in [5, 5.41) is 11.9. The van der Waals surface area contributed by atoms with Crippen molar-refractivity contribution in [3.63, 3.8) is 0 Å². The molecule has 108 valence electrons. The molecule has 0 spiro atoms. The summed E-state index contributed by atoms with van der Waals surface area (Å²) < 4.78 is 23.0. The van der Waals surface area contributed by atoms with Crippen molar-refractivity contribution in [1.29, 1.82) is 5.26 Å². The van der Waals surface area contributed by atoms with Crippen molar-refractivity contribution in [1.82, 2.24) is 5.32 Å². The Kier molecular flexibility index (Phi) is 4.90. The van der Waals surface area contributed by atoms with Gasteiger partial charge in [0.15, 0.2) is 9.84 Å². The van der Waals surface area contributed by atoms with Gasteiger partial charge in [-0.15, -0.1) is 0 Å². The van der Waals surface area contributed by atoms with Crippen molar-refractivity contribution in [2.75, 3.05) is 6.26 Å². The number of benzene rings is 1. The maximum absolute atomic E-state index is 12.2. The first-order valence-electron chi connectivity index (χ1n) is 6.32. The molecule has 0 saturated carbocycles. The predicted octanol–water partition coefficient (Wildman–Crippen LogP) is 1.90. The summed E-state index contributed by atoms with van der Waals surface area (Å²) in [6, 6.07) is 7.90. The molecule has 0 radical (unpaired) electrons. The third-order valence-corrected chi connectivity index (χ3v) is 4.41. The topological polar surface area (TPSA) is 87.0 Å². The number of hydrogen-bond donors (Lipinski definition) is 1. The minimum atomic E-state index is -3.36. The first-order chi connectivity index (χ1) is 9.28. The molecule has 0 aromatic heterocycles. The molecule has 0 saturated heterocycles. The summed E-state index contributed by atoms with van der Waals surface area (Å²) in [6.07, 6.45) is 2.05. The van der Waals surface area contributed by atoms with E-state index in [1.165, 1.54) is 24.3 Å². The number of nitriles is 1. The molecule has 0 heterocycles. The van der Waals surface area contributed by atoms with E-state index in [1.54, 1.807) is 0 Å². The van der Waals surface area contributed by atoms with Gasteiger partial charge in [0.2, 0.25) is 0 Å². The van der Waals surface area contributed by atoms with Gasteiger partial charge in [-0.3, -0.25) is 4.79 Å². The van der Waals surface area contributed by atoms with Crippen molar-refractivity contribution in [3.05, 3.63) is 29.8 Å². The van der Waals surface area contributed by atoms with Crippen LogP contribution < -0.4 is 5.32 Å². The smallest absolute Gasteiger partial charge is 0.252 e. The molecule has 5 nitrogen and oxygen atoms in total. The van der Waals surface area contributed by atoms with Crippen LogP contribution in [-0.4, -0.2) is 26.1 Å². The van der Waals surface area contributed by atoms with Crippen LogP contribution in [0.1, 0.15) is 37.0 Å². The number of nitrogens with one attached hydrogen (secondary N) is 1. The zero-order chi connectivity index (χ0) is 15.4. The second-order valence-corrected chi connectivity index (χ2v) is 6.67. The van der Waals surface area contributed by atoms with Crippen LogP contribution in [0.25, 0.3) is 0 Å². The quantitative estimate of drug-likeness (QED) is 0.898. The maximum atomic E-state index is 12.2. The van der Waals surface area contributed by atoms with Gasteiger partial charge in [0.1, 0.15) is 5.54 Å². The number of hydrogen-bond acceptors (Lipinski definition) is 4. The molecule has 0 aliphatic carbocycles. The van der Waals surface area contributed by atoms with Crippen molar-refractivity contribution in [2.24, 2.45) is 0 Å². The van der Waals surface area contributed by atoms with Crippen LogP contribution in [0.5, 0.6) is 0 Å². The van der Waals surface area contributed by atoms with Gasteiger partial charge in [-0.25, -0.2) is 8.42 Å². The lowest BCUT2D eigenvalue weighted by molar-refractivity contribution is 0.0915. The monoisotopic (exact) mass is 294 g/mol. The fourth-order valence-corrected chi connectivity index (χ4v) is 2.44. The van der Waals surface area contributed by atoms with E-state index < -0.39 is 21.3 Å². The minimum Gasteiger partial charge on any atom is -0.334 e. The Morgan fingerprint density at radius 3 is 2.40 bits per heavy atom. The summed E-state index contributed by atoms with van der Waals surface area (Å²) >= 11 is 0. The molecule has 6 heteroatoms. The number of carbonyl (C=O) groups is 1. The van der Waals surface area contributed by atoms with Crippen LogP contribution in [0.15, 0.2) is 29.2 Å². The van der Waals surface area contributed by atoms with Crippen LogP contribution in [0.4, 0.5) is 0 Å². The molecular formula is C14H18N2O3S. The van der Waals surface area contributed by atoms with Gasteiger partial charge in [0.05, 0.1) is 11.0 Å². The number of rotatable bonds is 5. The third kappa shape index (κ3) is 3.58. The van der Waals surface area contributed by atoms with E-state index in [1.807, 2.05) is 13.8 Å². The van der Waals surface area contributed by atoms with E-state index >= 15 is 0 Å². The van der Waals surface area contributed by atoms with Crippen molar-refractivity contribution >= 4 is 15.7 Å². The molecular weight excluding hydrogens is 276 g/mol. The van der Waals surface area contributed by atoms with Crippen molar-refractivity contribution in [3.8, 4) is 6.07 Å². The van der Waals surface area contributed by atoms with E-state index in [0.717, 1.165) is 6.26 Å². The predicted molar refractivity (Wildman–Crippen MR) is 75.9 cm³/mol. The molecule has 0 unspecified atom stereocenters. The second-order valence-electron chi connectivity index (χ2n) is 4.66. The number of amides is 1. The fraction of sp³-hybridized carbons (Fsp3) is 0.429. The van der Waals surface area contributed by atoms with Crippen molar-refractivity contribution < 1.29 is 13.2 Å². The second kappa shape index (κ2) is 6.06. The Balaban J connectivity index is 3.09. The zero-order valence-electron chi connectivity index (χ0n) is 11.8. The normalized spacial score (nSPS) is 11.7.